The van der Waals surface area contributed by atoms with Gasteiger partial charge in [0.05, 0.1) is 5.69 Å². The standard InChI is InChI=1S/C24H17F3N4O2/c1-12-11-14(25)7-8-15(12)20-16-9-10-19(32)31(21-17(26)3-2-4-18(21)27)22(16)29-24(28-20)30-23(33)13-5-6-13/h2-4,7-11,13H,5-6H2,1H3,(H,28,29,30,33). The van der Waals surface area contributed by atoms with E-state index in [1.807, 2.05) is 0 Å². The van der Waals surface area contributed by atoms with Crippen LogP contribution < -0.4 is 10.9 Å². The molecule has 0 bridgehead atoms. The van der Waals surface area contributed by atoms with Gasteiger partial charge in [-0.15, -0.1) is 0 Å². The normalized spacial score (nSPS) is 13.3. The van der Waals surface area contributed by atoms with Crippen molar-refractivity contribution in [2.24, 2.45) is 5.92 Å². The van der Waals surface area contributed by atoms with E-state index in [1.54, 1.807) is 6.92 Å². The van der Waals surface area contributed by atoms with Crippen molar-refractivity contribution in [1.82, 2.24) is 14.5 Å². The minimum atomic E-state index is -0.953. The van der Waals surface area contributed by atoms with Gasteiger partial charge in [0.25, 0.3) is 5.56 Å². The summed E-state index contributed by atoms with van der Waals surface area (Å²) < 4.78 is 43.8. The van der Waals surface area contributed by atoms with Gasteiger partial charge in [0, 0.05) is 22.9 Å². The Balaban J connectivity index is 1.84. The number of hydrogen-bond donors (Lipinski definition) is 1. The Morgan fingerprint density at radius 3 is 2.42 bits per heavy atom. The Labute approximate surface area is 185 Å². The number of fused-ring (bicyclic) bond motifs is 1. The van der Waals surface area contributed by atoms with Crippen molar-refractivity contribution in [3.8, 4) is 16.9 Å². The molecule has 1 amide bonds. The largest absolute Gasteiger partial charge is 0.294 e. The third-order valence-corrected chi connectivity index (χ3v) is 5.54. The first-order valence-electron chi connectivity index (χ1n) is 10.3. The van der Waals surface area contributed by atoms with Crippen molar-refractivity contribution in [3.63, 3.8) is 0 Å². The first-order chi connectivity index (χ1) is 15.8. The number of pyridine rings is 1. The highest BCUT2D eigenvalue weighted by atomic mass is 19.1. The fourth-order valence-corrected chi connectivity index (χ4v) is 3.75. The molecule has 0 saturated heterocycles. The van der Waals surface area contributed by atoms with E-state index in [9.17, 15) is 22.8 Å². The van der Waals surface area contributed by atoms with Gasteiger partial charge in [0.15, 0.2) is 5.65 Å². The number of aromatic nitrogens is 3. The third kappa shape index (κ3) is 3.75. The predicted molar refractivity (Wildman–Crippen MR) is 117 cm³/mol. The molecule has 1 N–H and O–H groups in total. The highest BCUT2D eigenvalue weighted by Gasteiger charge is 2.30. The summed E-state index contributed by atoms with van der Waals surface area (Å²) in [5.41, 5.74) is -0.0471. The lowest BCUT2D eigenvalue weighted by Gasteiger charge is -2.15. The van der Waals surface area contributed by atoms with E-state index < -0.39 is 28.7 Å². The van der Waals surface area contributed by atoms with Crippen LogP contribution in [0.15, 0.2) is 53.3 Å². The van der Waals surface area contributed by atoms with Gasteiger partial charge in [-0.1, -0.05) is 6.07 Å². The van der Waals surface area contributed by atoms with E-state index in [4.69, 9.17) is 0 Å². The maximum atomic E-state index is 14.6. The predicted octanol–water partition coefficient (Wildman–Crippen LogP) is 4.52. The van der Waals surface area contributed by atoms with Crippen LogP contribution in [0.3, 0.4) is 0 Å². The average molecular weight is 450 g/mol. The molecule has 4 aromatic rings. The summed E-state index contributed by atoms with van der Waals surface area (Å²) in [7, 11) is 0. The Morgan fingerprint density at radius 1 is 1.03 bits per heavy atom. The smallest absolute Gasteiger partial charge is 0.256 e. The molecule has 0 radical (unpaired) electrons. The number of benzene rings is 2. The van der Waals surface area contributed by atoms with Crippen molar-refractivity contribution >= 4 is 22.9 Å². The molecule has 9 heteroatoms. The lowest BCUT2D eigenvalue weighted by atomic mass is 10.0. The van der Waals surface area contributed by atoms with Crippen LogP contribution in [0.25, 0.3) is 28.0 Å². The van der Waals surface area contributed by atoms with Crippen LogP contribution in [0.1, 0.15) is 18.4 Å². The summed E-state index contributed by atoms with van der Waals surface area (Å²) in [5, 5.41) is 2.93. The third-order valence-electron chi connectivity index (χ3n) is 5.54. The molecular weight excluding hydrogens is 433 g/mol. The van der Waals surface area contributed by atoms with Gasteiger partial charge in [-0.3, -0.25) is 19.5 Å². The zero-order chi connectivity index (χ0) is 23.3. The fraction of sp³-hybridized carbons (Fsp3) is 0.167. The van der Waals surface area contributed by atoms with Crippen LogP contribution in [0.5, 0.6) is 0 Å². The second kappa shape index (κ2) is 7.84. The number of rotatable bonds is 4. The van der Waals surface area contributed by atoms with E-state index in [0.29, 0.717) is 16.5 Å². The van der Waals surface area contributed by atoms with Gasteiger partial charge in [-0.2, -0.15) is 4.98 Å². The van der Waals surface area contributed by atoms with Crippen molar-refractivity contribution in [3.05, 3.63) is 81.9 Å². The number of amides is 1. The van der Waals surface area contributed by atoms with Gasteiger partial charge in [0.1, 0.15) is 23.1 Å². The summed E-state index contributed by atoms with van der Waals surface area (Å²) in [6.45, 7) is 1.68. The van der Waals surface area contributed by atoms with Crippen molar-refractivity contribution in [1.29, 1.82) is 0 Å². The van der Waals surface area contributed by atoms with Gasteiger partial charge < -0.3 is 0 Å². The lowest BCUT2D eigenvalue weighted by molar-refractivity contribution is -0.117. The van der Waals surface area contributed by atoms with Crippen molar-refractivity contribution in [2.45, 2.75) is 19.8 Å². The number of anilines is 1. The van der Waals surface area contributed by atoms with Crippen LogP contribution in [0.4, 0.5) is 19.1 Å². The maximum absolute atomic E-state index is 14.6. The first kappa shape index (κ1) is 20.9. The van der Waals surface area contributed by atoms with E-state index in [0.717, 1.165) is 35.6 Å². The van der Waals surface area contributed by atoms with Gasteiger partial charge in [-0.25, -0.2) is 18.2 Å². The van der Waals surface area contributed by atoms with Crippen LogP contribution in [-0.2, 0) is 4.79 Å². The second-order valence-electron chi connectivity index (χ2n) is 7.93. The molecule has 0 spiro atoms. The highest BCUT2D eigenvalue weighted by molar-refractivity contribution is 5.96. The van der Waals surface area contributed by atoms with E-state index in [-0.39, 0.29) is 29.1 Å². The zero-order valence-electron chi connectivity index (χ0n) is 17.4. The van der Waals surface area contributed by atoms with Gasteiger partial charge in [0.2, 0.25) is 11.9 Å². The van der Waals surface area contributed by atoms with E-state index in [2.05, 4.69) is 15.3 Å². The fourth-order valence-electron chi connectivity index (χ4n) is 3.75. The minimum Gasteiger partial charge on any atom is -0.294 e. The van der Waals surface area contributed by atoms with Crippen molar-refractivity contribution < 1.29 is 18.0 Å². The maximum Gasteiger partial charge on any atom is 0.256 e. The number of nitrogens with zero attached hydrogens (tertiary/aromatic N) is 3. The number of para-hydroxylation sites is 1. The summed E-state index contributed by atoms with van der Waals surface area (Å²) in [6.07, 6.45) is 1.49. The molecule has 33 heavy (non-hydrogen) atoms. The number of carbonyl (C=O) groups excluding carboxylic acids is 1. The lowest BCUT2D eigenvalue weighted by Crippen LogP contribution is -2.22. The molecule has 1 aliphatic rings. The molecule has 0 aliphatic heterocycles. The topological polar surface area (TPSA) is 76.9 Å². The second-order valence-corrected chi connectivity index (χ2v) is 7.93. The number of halogens is 3. The molecular formula is C24H17F3N4O2. The monoisotopic (exact) mass is 450 g/mol. The molecule has 1 saturated carbocycles. The number of hydrogen-bond acceptors (Lipinski definition) is 4. The number of carbonyl (C=O) groups is 1. The zero-order valence-corrected chi connectivity index (χ0v) is 17.4. The first-order valence-corrected chi connectivity index (χ1v) is 10.3. The Morgan fingerprint density at radius 2 is 1.76 bits per heavy atom. The molecule has 2 aromatic carbocycles. The molecule has 6 nitrogen and oxygen atoms in total. The SMILES string of the molecule is Cc1cc(F)ccc1-c1nc(NC(=O)C2CC2)nc2c1ccc(=O)n2-c1c(F)cccc1F. The summed E-state index contributed by atoms with van der Waals surface area (Å²) in [5.74, 6) is -2.89. The molecule has 1 aliphatic carbocycles. The quantitative estimate of drug-likeness (QED) is 0.496. The number of nitrogens with one attached hydrogen (secondary N) is 1. The van der Waals surface area contributed by atoms with Crippen LogP contribution >= 0.6 is 0 Å². The van der Waals surface area contributed by atoms with Crippen LogP contribution in [0.2, 0.25) is 0 Å². The van der Waals surface area contributed by atoms with Crippen molar-refractivity contribution in [2.75, 3.05) is 5.32 Å². The average Bonchev–Trinajstić information content (AvgIpc) is 3.60. The van der Waals surface area contributed by atoms with E-state index >= 15 is 0 Å². The van der Waals surface area contributed by atoms with E-state index in [1.165, 1.54) is 30.3 Å². The summed E-state index contributed by atoms with van der Waals surface area (Å²) in [6, 6.07) is 9.94. The molecule has 0 atom stereocenters. The minimum absolute atomic E-state index is 0.0914. The molecule has 166 valence electrons. The van der Waals surface area contributed by atoms with Crippen LogP contribution in [0, 0.1) is 30.3 Å². The van der Waals surface area contributed by atoms with Gasteiger partial charge >= 0.3 is 0 Å². The molecule has 1 fully saturated rings. The molecule has 2 aromatic heterocycles. The van der Waals surface area contributed by atoms with Gasteiger partial charge in [-0.05, 0) is 61.7 Å². The molecule has 2 heterocycles. The Hall–Kier alpha value is -4.01. The molecule has 5 rings (SSSR count). The van der Waals surface area contributed by atoms with Crippen LogP contribution in [-0.4, -0.2) is 20.4 Å². The molecule has 0 unspecified atom stereocenters. The Kier molecular flexibility index (Phi) is 4.96. The number of aryl methyl sites for hydroxylation is 1. The summed E-state index contributed by atoms with van der Waals surface area (Å²) in [4.78, 5) is 33.9. The Bertz CT molecular complexity index is 1480. The summed E-state index contributed by atoms with van der Waals surface area (Å²) >= 11 is 0. The highest BCUT2D eigenvalue weighted by Crippen LogP contribution is 2.33.